The molecule has 0 N–H and O–H groups in total. The Morgan fingerprint density at radius 2 is 1.55 bits per heavy atom. The van der Waals surface area contributed by atoms with E-state index in [0.717, 1.165) is 21.6 Å². The zero-order chi connectivity index (χ0) is 15.4. The molecule has 3 aromatic rings. The summed E-state index contributed by atoms with van der Waals surface area (Å²) in [6, 6.07) is 19.9. The van der Waals surface area contributed by atoms with Crippen molar-refractivity contribution >= 4 is 17.3 Å². The summed E-state index contributed by atoms with van der Waals surface area (Å²) >= 11 is 1.58. The SMILES string of the molecule is CCOC(=O)c1c(-c2ccccc2)csc1-c1ccccc1. The van der Waals surface area contributed by atoms with Crippen LogP contribution in [-0.4, -0.2) is 12.6 Å². The summed E-state index contributed by atoms with van der Waals surface area (Å²) < 4.78 is 5.28. The van der Waals surface area contributed by atoms with E-state index >= 15 is 0 Å². The van der Waals surface area contributed by atoms with Crippen LogP contribution < -0.4 is 0 Å². The topological polar surface area (TPSA) is 26.3 Å². The van der Waals surface area contributed by atoms with Gasteiger partial charge in [-0.05, 0) is 18.1 Å². The molecule has 3 heteroatoms. The lowest BCUT2D eigenvalue weighted by atomic mass is 10.0. The Morgan fingerprint density at radius 1 is 0.955 bits per heavy atom. The van der Waals surface area contributed by atoms with Crippen LogP contribution in [0.25, 0.3) is 21.6 Å². The molecule has 0 atom stereocenters. The van der Waals surface area contributed by atoms with Gasteiger partial charge >= 0.3 is 5.97 Å². The van der Waals surface area contributed by atoms with Crippen LogP contribution in [0.3, 0.4) is 0 Å². The van der Waals surface area contributed by atoms with Gasteiger partial charge in [0.05, 0.1) is 12.2 Å². The smallest absolute Gasteiger partial charge is 0.340 e. The quantitative estimate of drug-likeness (QED) is 0.615. The molecular weight excluding hydrogens is 292 g/mol. The predicted octanol–water partition coefficient (Wildman–Crippen LogP) is 5.26. The third-order valence-corrected chi connectivity index (χ3v) is 4.42. The van der Waals surface area contributed by atoms with Crippen LogP contribution in [0.4, 0.5) is 0 Å². The monoisotopic (exact) mass is 308 g/mol. The van der Waals surface area contributed by atoms with E-state index in [1.807, 2.05) is 73.0 Å². The molecule has 0 radical (unpaired) electrons. The highest BCUT2D eigenvalue weighted by Crippen LogP contribution is 2.38. The molecule has 0 amide bonds. The van der Waals surface area contributed by atoms with Crippen molar-refractivity contribution in [2.45, 2.75) is 6.92 Å². The molecule has 0 spiro atoms. The van der Waals surface area contributed by atoms with E-state index in [9.17, 15) is 4.79 Å². The summed E-state index contributed by atoms with van der Waals surface area (Å²) in [7, 11) is 0. The lowest BCUT2D eigenvalue weighted by molar-refractivity contribution is 0.0528. The molecule has 1 aromatic heterocycles. The van der Waals surface area contributed by atoms with Crippen molar-refractivity contribution in [3.8, 4) is 21.6 Å². The number of hydrogen-bond acceptors (Lipinski definition) is 3. The highest BCUT2D eigenvalue weighted by Gasteiger charge is 2.21. The van der Waals surface area contributed by atoms with Gasteiger partial charge < -0.3 is 4.74 Å². The van der Waals surface area contributed by atoms with E-state index in [-0.39, 0.29) is 5.97 Å². The van der Waals surface area contributed by atoms with Crippen LogP contribution in [-0.2, 0) is 4.74 Å². The maximum atomic E-state index is 12.5. The third-order valence-electron chi connectivity index (χ3n) is 3.39. The molecule has 1 heterocycles. The molecule has 110 valence electrons. The van der Waals surface area contributed by atoms with Gasteiger partial charge in [0, 0.05) is 15.8 Å². The zero-order valence-corrected chi connectivity index (χ0v) is 13.1. The van der Waals surface area contributed by atoms with Gasteiger partial charge in [0.25, 0.3) is 0 Å². The Morgan fingerprint density at radius 3 is 2.14 bits per heavy atom. The van der Waals surface area contributed by atoms with E-state index in [2.05, 4.69) is 0 Å². The maximum Gasteiger partial charge on any atom is 0.340 e. The van der Waals surface area contributed by atoms with Crippen LogP contribution in [0.2, 0.25) is 0 Å². The molecule has 0 unspecified atom stereocenters. The minimum atomic E-state index is -0.263. The van der Waals surface area contributed by atoms with E-state index in [1.54, 1.807) is 11.3 Å². The fraction of sp³-hybridized carbons (Fsp3) is 0.105. The lowest BCUT2D eigenvalue weighted by Crippen LogP contribution is -2.06. The standard InChI is InChI=1S/C19H16O2S/c1-2-21-19(20)17-16(14-9-5-3-6-10-14)13-22-18(17)15-11-7-4-8-12-15/h3-13H,2H2,1H3. The van der Waals surface area contributed by atoms with Gasteiger partial charge in [0.1, 0.15) is 0 Å². The van der Waals surface area contributed by atoms with E-state index in [1.165, 1.54) is 0 Å². The number of ether oxygens (including phenoxy) is 1. The van der Waals surface area contributed by atoms with Crippen LogP contribution in [0.1, 0.15) is 17.3 Å². The van der Waals surface area contributed by atoms with Crippen molar-refractivity contribution in [2.75, 3.05) is 6.61 Å². The number of esters is 1. The van der Waals surface area contributed by atoms with Crippen molar-refractivity contribution in [1.82, 2.24) is 0 Å². The first kappa shape index (κ1) is 14.5. The molecule has 0 saturated heterocycles. The number of carbonyl (C=O) groups is 1. The number of thiophene rings is 1. The largest absolute Gasteiger partial charge is 0.462 e. The number of hydrogen-bond donors (Lipinski definition) is 0. The summed E-state index contributed by atoms with van der Waals surface area (Å²) in [6.45, 7) is 2.20. The number of rotatable bonds is 4. The number of benzene rings is 2. The molecule has 22 heavy (non-hydrogen) atoms. The molecule has 0 fully saturated rings. The molecule has 0 aliphatic carbocycles. The van der Waals surface area contributed by atoms with Crippen LogP contribution in [0.15, 0.2) is 66.0 Å². The van der Waals surface area contributed by atoms with Crippen molar-refractivity contribution in [2.24, 2.45) is 0 Å². The number of carbonyl (C=O) groups excluding carboxylic acids is 1. The average molecular weight is 308 g/mol. The minimum Gasteiger partial charge on any atom is -0.462 e. The summed E-state index contributed by atoms with van der Waals surface area (Å²) in [5.74, 6) is -0.263. The molecule has 2 nitrogen and oxygen atoms in total. The second-order valence-corrected chi connectivity index (χ2v) is 5.69. The first-order valence-corrected chi connectivity index (χ1v) is 8.08. The third kappa shape index (κ3) is 2.81. The van der Waals surface area contributed by atoms with Gasteiger partial charge in [-0.15, -0.1) is 11.3 Å². The highest BCUT2D eigenvalue weighted by atomic mass is 32.1. The van der Waals surface area contributed by atoms with Crippen molar-refractivity contribution < 1.29 is 9.53 Å². The summed E-state index contributed by atoms with van der Waals surface area (Å²) in [5, 5.41) is 2.03. The molecule has 0 saturated carbocycles. The summed E-state index contributed by atoms with van der Waals surface area (Å²) in [6.07, 6.45) is 0. The first-order chi connectivity index (χ1) is 10.8. The average Bonchev–Trinajstić information content (AvgIpc) is 3.02. The van der Waals surface area contributed by atoms with Crippen molar-refractivity contribution in [3.05, 3.63) is 71.6 Å². The summed E-state index contributed by atoms with van der Waals surface area (Å²) in [4.78, 5) is 13.4. The van der Waals surface area contributed by atoms with Crippen LogP contribution >= 0.6 is 11.3 Å². The molecule has 2 aromatic carbocycles. The van der Waals surface area contributed by atoms with Gasteiger partial charge in [-0.2, -0.15) is 0 Å². The Balaban J connectivity index is 2.16. The van der Waals surface area contributed by atoms with Gasteiger partial charge in [0.15, 0.2) is 0 Å². The minimum absolute atomic E-state index is 0.263. The van der Waals surface area contributed by atoms with E-state index < -0.39 is 0 Å². The fourth-order valence-corrected chi connectivity index (χ4v) is 3.47. The van der Waals surface area contributed by atoms with Crippen LogP contribution in [0, 0.1) is 0 Å². The Bertz CT molecular complexity index is 704. The second-order valence-electron chi connectivity index (χ2n) is 4.81. The van der Waals surface area contributed by atoms with Gasteiger partial charge in [0.2, 0.25) is 0 Å². The van der Waals surface area contributed by atoms with Crippen molar-refractivity contribution in [3.63, 3.8) is 0 Å². The predicted molar refractivity (Wildman–Crippen MR) is 91.1 cm³/mol. The van der Waals surface area contributed by atoms with Crippen LogP contribution in [0.5, 0.6) is 0 Å². The lowest BCUT2D eigenvalue weighted by Gasteiger charge is -2.07. The Labute approximate surface area is 134 Å². The van der Waals surface area contributed by atoms with E-state index in [4.69, 9.17) is 4.74 Å². The highest BCUT2D eigenvalue weighted by molar-refractivity contribution is 7.14. The Hall–Kier alpha value is -2.39. The second kappa shape index (κ2) is 6.58. The fourth-order valence-electron chi connectivity index (χ4n) is 2.40. The van der Waals surface area contributed by atoms with Crippen molar-refractivity contribution in [1.29, 1.82) is 0 Å². The van der Waals surface area contributed by atoms with Gasteiger partial charge in [-0.1, -0.05) is 60.7 Å². The molecular formula is C19H16O2S. The normalized spacial score (nSPS) is 10.4. The van der Waals surface area contributed by atoms with Gasteiger partial charge in [-0.3, -0.25) is 0 Å². The van der Waals surface area contributed by atoms with Gasteiger partial charge in [-0.25, -0.2) is 4.79 Å². The maximum absolute atomic E-state index is 12.5. The Kier molecular flexibility index (Phi) is 4.35. The molecule has 3 rings (SSSR count). The summed E-state index contributed by atoms with van der Waals surface area (Å²) in [5.41, 5.74) is 3.66. The molecule has 0 aliphatic rings. The molecule has 0 aliphatic heterocycles. The zero-order valence-electron chi connectivity index (χ0n) is 12.3. The van der Waals surface area contributed by atoms with E-state index in [0.29, 0.717) is 12.2 Å². The molecule has 0 bridgehead atoms. The first-order valence-electron chi connectivity index (χ1n) is 7.20.